The molecule has 0 atom stereocenters. The highest BCUT2D eigenvalue weighted by Gasteiger charge is 2.43. The van der Waals surface area contributed by atoms with Crippen molar-refractivity contribution in [2.24, 2.45) is 0 Å². The highest BCUT2D eigenvalue weighted by Crippen LogP contribution is 2.38. The number of carbonyl (C=O) groups excluding carboxylic acids is 3. The lowest BCUT2D eigenvalue weighted by molar-refractivity contribution is -0.170. The molecule has 0 saturated carbocycles. The fraction of sp³-hybridized carbons (Fsp3) is 0.265. The Morgan fingerprint density at radius 2 is 1.78 bits per heavy atom. The van der Waals surface area contributed by atoms with Crippen LogP contribution in [0.2, 0.25) is 0 Å². The van der Waals surface area contributed by atoms with Gasteiger partial charge in [-0.25, -0.2) is 14.2 Å². The number of amides is 3. The fourth-order valence-electron chi connectivity index (χ4n) is 4.57. The van der Waals surface area contributed by atoms with Crippen molar-refractivity contribution in [2.45, 2.75) is 32.5 Å². The molecule has 3 amide bonds. The number of nitriles is 1. The summed E-state index contributed by atoms with van der Waals surface area (Å²) >= 11 is 0. The number of nitrogens with zero attached hydrogens (tertiary/aromatic N) is 3. The molecule has 2 heterocycles. The Morgan fingerprint density at radius 1 is 1.02 bits per heavy atom. The average molecular weight is 698 g/mol. The lowest BCUT2D eigenvalue weighted by Crippen LogP contribution is -2.45. The summed E-state index contributed by atoms with van der Waals surface area (Å²) in [7, 11) is 1.35. The summed E-state index contributed by atoms with van der Waals surface area (Å²) in [6, 6.07) is 15.0. The Hall–Kier alpha value is -5.95. The Morgan fingerprint density at radius 3 is 2.42 bits per heavy atom. The summed E-state index contributed by atoms with van der Waals surface area (Å²) in [6.45, 7) is 3.55. The summed E-state index contributed by atoms with van der Waals surface area (Å²) in [5.74, 6) is -4.02. The maximum absolute atomic E-state index is 14.2. The summed E-state index contributed by atoms with van der Waals surface area (Å²) < 4.78 is 76.3. The Kier molecular flexibility index (Phi) is 11.4. The van der Waals surface area contributed by atoms with Crippen molar-refractivity contribution in [3.8, 4) is 34.2 Å². The van der Waals surface area contributed by atoms with Crippen molar-refractivity contribution < 1.29 is 50.6 Å². The normalized spacial score (nSPS) is 11.3. The smallest absolute Gasteiger partial charge is 0.467 e. The van der Waals surface area contributed by atoms with Crippen molar-refractivity contribution >= 4 is 29.4 Å². The van der Waals surface area contributed by atoms with E-state index in [9.17, 15) is 37.2 Å². The highest BCUT2D eigenvalue weighted by molar-refractivity contribution is 6.03. The van der Waals surface area contributed by atoms with Gasteiger partial charge >= 0.3 is 18.2 Å². The van der Waals surface area contributed by atoms with Gasteiger partial charge in [-0.2, -0.15) is 18.4 Å². The number of aromatic nitrogens is 1. The van der Waals surface area contributed by atoms with E-state index in [1.807, 2.05) is 6.07 Å². The minimum absolute atomic E-state index is 0.00787. The van der Waals surface area contributed by atoms with Gasteiger partial charge in [0.15, 0.2) is 18.4 Å². The second-order valence-electron chi connectivity index (χ2n) is 11.4. The van der Waals surface area contributed by atoms with Crippen molar-refractivity contribution in [2.75, 3.05) is 37.2 Å². The number of halogens is 4. The molecule has 0 spiro atoms. The fourth-order valence-corrected chi connectivity index (χ4v) is 4.57. The number of ether oxygens (including phenoxy) is 3. The maximum atomic E-state index is 14.2. The van der Waals surface area contributed by atoms with E-state index in [0.29, 0.717) is 4.90 Å². The molecule has 0 radical (unpaired) electrons. The number of anilines is 2. The van der Waals surface area contributed by atoms with E-state index in [1.165, 1.54) is 61.9 Å². The van der Waals surface area contributed by atoms with Crippen molar-refractivity contribution in [1.29, 1.82) is 5.26 Å². The number of alkyl carbamates (subject to hydrolysis) is 1. The van der Waals surface area contributed by atoms with E-state index in [4.69, 9.17) is 18.6 Å². The molecule has 50 heavy (non-hydrogen) atoms. The number of furan rings is 1. The van der Waals surface area contributed by atoms with Crippen LogP contribution in [-0.4, -0.2) is 61.7 Å². The lowest BCUT2D eigenvalue weighted by Gasteiger charge is -2.25. The number of hydrogen-bond donors (Lipinski definition) is 2. The molecular formula is C34H31F4N5O7. The van der Waals surface area contributed by atoms with Crippen LogP contribution < -0.4 is 20.3 Å². The zero-order valence-electron chi connectivity index (χ0n) is 27.2. The number of hydrogen-bond acceptors (Lipinski definition) is 9. The third kappa shape index (κ3) is 9.35. The molecule has 12 nitrogen and oxygen atoms in total. The van der Waals surface area contributed by atoms with Crippen LogP contribution in [0.15, 0.2) is 71.3 Å². The molecule has 4 aromatic rings. The maximum Gasteiger partial charge on any atom is 0.471 e. The van der Waals surface area contributed by atoms with Gasteiger partial charge in [0.25, 0.3) is 5.91 Å². The molecule has 0 saturated heterocycles. The Labute approximate surface area is 283 Å². The van der Waals surface area contributed by atoms with E-state index < -0.39 is 48.6 Å². The molecule has 0 unspecified atom stereocenters. The molecule has 2 aromatic heterocycles. The van der Waals surface area contributed by atoms with Gasteiger partial charge < -0.3 is 34.2 Å². The second kappa shape index (κ2) is 15.5. The van der Waals surface area contributed by atoms with Gasteiger partial charge in [-0.1, -0.05) is 12.1 Å². The molecule has 0 fully saturated rings. The number of rotatable bonds is 11. The summed E-state index contributed by atoms with van der Waals surface area (Å²) in [6.07, 6.45) is -4.92. The number of alkyl halides is 3. The summed E-state index contributed by atoms with van der Waals surface area (Å²) in [5.41, 5.74) is -0.823. The van der Waals surface area contributed by atoms with Crippen LogP contribution in [0.4, 0.5) is 33.9 Å². The molecular weight excluding hydrogens is 666 g/mol. The minimum Gasteiger partial charge on any atom is -0.467 e. The van der Waals surface area contributed by atoms with Gasteiger partial charge in [-0.3, -0.25) is 9.59 Å². The standard InChI is InChI=1S/C34H31F4N5O7/c1-33(2,3)50-32(46)40-12-13-43(31(45)34(36,37)38)22-8-5-7-20(15-22)24-17-26(23-11-10-21(35)16-28(23)49-19-47-4)41-29(25(24)18-39)42-30(44)27-9-6-14-48-27/h5-11,14-17H,12-13,19H2,1-4H3,(H,40,46)(H,41,42,44). The van der Waals surface area contributed by atoms with E-state index in [-0.39, 0.29) is 57.8 Å². The van der Waals surface area contributed by atoms with Crippen molar-refractivity contribution in [3.05, 3.63) is 84.1 Å². The largest absolute Gasteiger partial charge is 0.471 e. The Bertz CT molecular complexity index is 1900. The van der Waals surface area contributed by atoms with Gasteiger partial charge in [0.1, 0.15) is 28.8 Å². The third-order valence-electron chi connectivity index (χ3n) is 6.62. The van der Waals surface area contributed by atoms with E-state index in [0.717, 1.165) is 12.1 Å². The molecule has 2 aromatic carbocycles. The predicted molar refractivity (Wildman–Crippen MR) is 172 cm³/mol. The van der Waals surface area contributed by atoms with Gasteiger partial charge in [0.2, 0.25) is 0 Å². The number of methoxy groups -OCH3 is 1. The number of pyridine rings is 1. The molecule has 0 aliphatic heterocycles. The van der Waals surface area contributed by atoms with Crippen LogP contribution >= 0.6 is 0 Å². The first-order chi connectivity index (χ1) is 23.6. The monoisotopic (exact) mass is 697 g/mol. The first kappa shape index (κ1) is 36.9. The quantitative estimate of drug-likeness (QED) is 0.129. The zero-order valence-corrected chi connectivity index (χ0v) is 27.2. The predicted octanol–water partition coefficient (Wildman–Crippen LogP) is 6.67. The second-order valence-corrected chi connectivity index (χ2v) is 11.4. The zero-order chi connectivity index (χ0) is 36.6. The topological polar surface area (TPSA) is 156 Å². The van der Waals surface area contributed by atoms with Crippen LogP contribution in [0.3, 0.4) is 0 Å². The van der Waals surface area contributed by atoms with E-state index >= 15 is 0 Å². The molecule has 0 bridgehead atoms. The average Bonchev–Trinajstić information content (AvgIpc) is 3.60. The molecule has 4 rings (SSSR count). The van der Waals surface area contributed by atoms with Gasteiger partial charge in [-0.15, -0.1) is 0 Å². The molecule has 262 valence electrons. The number of nitrogens with one attached hydrogen (secondary N) is 2. The van der Waals surface area contributed by atoms with Crippen LogP contribution in [0.1, 0.15) is 36.9 Å². The Balaban J connectivity index is 1.84. The molecule has 0 aliphatic rings. The van der Waals surface area contributed by atoms with Gasteiger partial charge in [0, 0.05) is 43.1 Å². The van der Waals surface area contributed by atoms with Crippen molar-refractivity contribution in [1.82, 2.24) is 10.3 Å². The number of carbonyl (C=O) groups is 3. The van der Waals surface area contributed by atoms with E-state index in [1.54, 1.807) is 20.8 Å². The third-order valence-corrected chi connectivity index (χ3v) is 6.62. The molecule has 0 aliphatic carbocycles. The summed E-state index contributed by atoms with van der Waals surface area (Å²) in [4.78, 5) is 42.6. The van der Waals surface area contributed by atoms with Crippen molar-refractivity contribution in [3.63, 3.8) is 0 Å². The SMILES string of the molecule is COCOc1cc(F)ccc1-c1cc(-c2cccc(N(CCNC(=O)OC(C)(C)C)C(=O)C(F)(F)F)c2)c(C#N)c(NC(=O)c2ccco2)n1. The first-order valence-electron chi connectivity index (χ1n) is 14.8. The summed E-state index contributed by atoms with van der Waals surface area (Å²) in [5, 5.41) is 15.1. The van der Waals surface area contributed by atoms with Crippen LogP contribution in [0.25, 0.3) is 22.4 Å². The molecule has 16 heteroatoms. The minimum atomic E-state index is -5.28. The number of benzene rings is 2. The van der Waals surface area contributed by atoms with Gasteiger partial charge in [-0.05, 0) is 68.8 Å². The molecule has 2 N–H and O–H groups in total. The van der Waals surface area contributed by atoms with Crippen LogP contribution in [-0.2, 0) is 14.3 Å². The van der Waals surface area contributed by atoms with Crippen LogP contribution in [0.5, 0.6) is 5.75 Å². The highest BCUT2D eigenvalue weighted by atomic mass is 19.4. The lowest BCUT2D eigenvalue weighted by atomic mass is 9.97. The van der Waals surface area contributed by atoms with Crippen LogP contribution in [0, 0.1) is 17.1 Å². The van der Waals surface area contributed by atoms with Gasteiger partial charge in [0.05, 0.1) is 12.0 Å². The first-order valence-corrected chi connectivity index (χ1v) is 14.8. The van der Waals surface area contributed by atoms with E-state index in [2.05, 4.69) is 15.6 Å².